The fourth-order valence-electron chi connectivity index (χ4n) is 1.28. The summed E-state index contributed by atoms with van der Waals surface area (Å²) >= 11 is 3.05. The second-order valence-electron chi connectivity index (χ2n) is 3.42. The molecule has 6 heteroatoms. The highest BCUT2D eigenvalue weighted by molar-refractivity contribution is 9.10. The highest BCUT2D eigenvalue weighted by Crippen LogP contribution is 2.25. The molecule has 1 aromatic heterocycles. The van der Waals surface area contributed by atoms with Crippen molar-refractivity contribution in [1.29, 1.82) is 0 Å². The van der Waals surface area contributed by atoms with Crippen LogP contribution in [0.1, 0.15) is 10.4 Å². The molecule has 1 heterocycles. The van der Waals surface area contributed by atoms with Crippen LogP contribution in [0.15, 0.2) is 41.0 Å². The van der Waals surface area contributed by atoms with Crippen molar-refractivity contribution in [3.05, 3.63) is 52.4 Å². The summed E-state index contributed by atoms with van der Waals surface area (Å²) in [5.41, 5.74) is 5.43. The van der Waals surface area contributed by atoms with Crippen molar-refractivity contribution in [1.82, 2.24) is 4.98 Å². The van der Waals surface area contributed by atoms with Gasteiger partial charge < -0.3 is 10.5 Å². The van der Waals surface area contributed by atoms with Gasteiger partial charge in [0.05, 0.1) is 4.47 Å². The minimum absolute atomic E-state index is 0.213. The minimum atomic E-state index is -0.567. The average Bonchev–Trinajstić information content (AvgIpc) is 2.34. The molecular formula is C12H8BrFN2O2. The number of carbonyl (C=O) groups is 1. The Hall–Kier alpha value is -1.95. The maximum atomic E-state index is 13.0. The maximum absolute atomic E-state index is 13.0. The first-order chi connectivity index (χ1) is 8.56. The predicted molar refractivity (Wildman–Crippen MR) is 66.9 cm³/mol. The van der Waals surface area contributed by atoms with E-state index in [1.807, 2.05) is 0 Å². The van der Waals surface area contributed by atoms with Gasteiger partial charge in [-0.3, -0.25) is 4.79 Å². The number of halogens is 2. The van der Waals surface area contributed by atoms with Crippen LogP contribution in [0.4, 0.5) is 4.39 Å². The van der Waals surface area contributed by atoms with E-state index in [1.54, 1.807) is 0 Å². The Morgan fingerprint density at radius 3 is 2.78 bits per heavy atom. The standard InChI is InChI=1S/C12H8BrFN2O2/c13-9-6-8(1-2-10(9)14)18-11-5-7(12(15)17)3-4-16-11/h1-6H,(H2,15,17). The summed E-state index contributed by atoms with van der Waals surface area (Å²) < 4.78 is 18.7. The number of aromatic nitrogens is 1. The molecule has 0 aliphatic carbocycles. The molecule has 92 valence electrons. The Bertz CT molecular complexity index is 604. The molecule has 0 saturated heterocycles. The van der Waals surface area contributed by atoms with Crippen molar-refractivity contribution in [2.45, 2.75) is 0 Å². The van der Waals surface area contributed by atoms with E-state index < -0.39 is 5.91 Å². The zero-order chi connectivity index (χ0) is 13.1. The van der Waals surface area contributed by atoms with E-state index in [9.17, 15) is 9.18 Å². The van der Waals surface area contributed by atoms with Gasteiger partial charge in [-0.1, -0.05) is 0 Å². The number of nitrogens with zero attached hydrogens (tertiary/aromatic N) is 1. The van der Waals surface area contributed by atoms with Gasteiger partial charge in [-0.2, -0.15) is 0 Å². The summed E-state index contributed by atoms with van der Waals surface area (Å²) in [5, 5.41) is 0. The topological polar surface area (TPSA) is 65.2 Å². The Morgan fingerprint density at radius 1 is 1.33 bits per heavy atom. The van der Waals surface area contributed by atoms with Crippen LogP contribution < -0.4 is 10.5 Å². The van der Waals surface area contributed by atoms with Crippen LogP contribution >= 0.6 is 15.9 Å². The number of ether oxygens (including phenoxy) is 1. The van der Waals surface area contributed by atoms with E-state index in [0.29, 0.717) is 11.3 Å². The molecule has 0 saturated carbocycles. The summed E-state index contributed by atoms with van der Waals surface area (Å²) in [6.07, 6.45) is 1.41. The summed E-state index contributed by atoms with van der Waals surface area (Å²) in [7, 11) is 0. The molecule has 4 nitrogen and oxygen atoms in total. The van der Waals surface area contributed by atoms with Gasteiger partial charge >= 0.3 is 0 Å². The van der Waals surface area contributed by atoms with Crippen LogP contribution in [-0.4, -0.2) is 10.9 Å². The van der Waals surface area contributed by atoms with Crippen LogP contribution in [0, 0.1) is 5.82 Å². The Labute approximate surface area is 111 Å². The van der Waals surface area contributed by atoms with Crippen molar-refractivity contribution in [3.8, 4) is 11.6 Å². The molecule has 18 heavy (non-hydrogen) atoms. The Balaban J connectivity index is 2.25. The van der Waals surface area contributed by atoms with Crippen molar-refractivity contribution >= 4 is 21.8 Å². The SMILES string of the molecule is NC(=O)c1ccnc(Oc2ccc(F)c(Br)c2)c1. The number of nitrogens with two attached hydrogens (primary N) is 1. The van der Waals surface area contributed by atoms with Gasteiger partial charge in [0.2, 0.25) is 11.8 Å². The molecule has 0 atom stereocenters. The van der Waals surface area contributed by atoms with E-state index in [-0.39, 0.29) is 16.2 Å². The molecule has 0 radical (unpaired) electrons. The molecule has 1 amide bonds. The van der Waals surface area contributed by atoms with Crippen molar-refractivity contribution in [3.63, 3.8) is 0 Å². The molecule has 1 aromatic carbocycles. The maximum Gasteiger partial charge on any atom is 0.248 e. The first-order valence-electron chi connectivity index (χ1n) is 4.95. The van der Waals surface area contributed by atoms with Gasteiger partial charge in [0.25, 0.3) is 0 Å². The monoisotopic (exact) mass is 310 g/mol. The van der Waals surface area contributed by atoms with Gasteiger partial charge in [-0.15, -0.1) is 0 Å². The van der Waals surface area contributed by atoms with Gasteiger partial charge in [0.1, 0.15) is 11.6 Å². The number of pyridine rings is 1. The molecule has 2 rings (SSSR count). The number of rotatable bonds is 3. The van der Waals surface area contributed by atoms with Gasteiger partial charge in [-0.25, -0.2) is 9.37 Å². The number of amides is 1. The molecule has 0 unspecified atom stereocenters. The highest BCUT2D eigenvalue weighted by atomic mass is 79.9. The number of primary amides is 1. The largest absolute Gasteiger partial charge is 0.439 e. The highest BCUT2D eigenvalue weighted by Gasteiger charge is 2.06. The van der Waals surface area contributed by atoms with Crippen LogP contribution in [0.2, 0.25) is 0 Å². The normalized spacial score (nSPS) is 10.1. The smallest absolute Gasteiger partial charge is 0.248 e. The van der Waals surface area contributed by atoms with Crippen molar-refractivity contribution < 1.29 is 13.9 Å². The summed E-state index contributed by atoms with van der Waals surface area (Å²) in [6, 6.07) is 7.08. The van der Waals surface area contributed by atoms with Crippen molar-refractivity contribution in [2.24, 2.45) is 5.73 Å². The first-order valence-corrected chi connectivity index (χ1v) is 5.74. The number of hydrogen-bond acceptors (Lipinski definition) is 3. The zero-order valence-corrected chi connectivity index (χ0v) is 10.6. The second-order valence-corrected chi connectivity index (χ2v) is 4.28. The Kier molecular flexibility index (Phi) is 3.57. The van der Waals surface area contributed by atoms with Crippen LogP contribution in [-0.2, 0) is 0 Å². The molecule has 0 aliphatic rings. The molecule has 2 N–H and O–H groups in total. The van der Waals surface area contributed by atoms with Gasteiger partial charge in [0, 0.05) is 17.8 Å². The first kappa shape index (κ1) is 12.5. The molecule has 0 bridgehead atoms. The predicted octanol–water partition coefficient (Wildman–Crippen LogP) is 2.87. The van der Waals surface area contributed by atoms with E-state index in [4.69, 9.17) is 10.5 Å². The van der Waals surface area contributed by atoms with Crippen LogP contribution in [0.5, 0.6) is 11.6 Å². The average molecular weight is 311 g/mol. The summed E-state index contributed by atoms with van der Waals surface area (Å²) in [6.45, 7) is 0. The quantitative estimate of drug-likeness (QED) is 0.948. The Morgan fingerprint density at radius 2 is 2.11 bits per heavy atom. The molecule has 2 aromatic rings. The lowest BCUT2D eigenvalue weighted by molar-refractivity contribution is 0.1000. The lowest BCUT2D eigenvalue weighted by Crippen LogP contribution is -2.10. The molecule has 0 aliphatic heterocycles. The third-order valence-corrected chi connectivity index (χ3v) is 2.74. The molecule has 0 spiro atoms. The fraction of sp³-hybridized carbons (Fsp3) is 0. The fourth-order valence-corrected chi connectivity index (χ4v) is 1.64. The van der Waals surface area contributed by atoms with Crippen molar-refractivity contribution in [2.75, 3.05) is 0 Å². The number of benzene rings is 1. The molecule has 0 fully saturated rings. The second kappa shape index (κ2) is 5.14. The third-order valence-electron chi connectivity index (χ3n) is 2.13. The molecular weight excluding hydrogens is 303 g/mol. The summed E-state index contributed by atoms with van der Waals surface area (Å²) in [4.78, 5) is 14.9. The van der Waals surface area contributed by atoms with Crippen LogP contribution in [0.25, 0.3) is 0 Å². The van der Waals surface area contributed by atoms with E-state index >= 15 is 0 Å². The third kappa shape index (κ3) is 2.84. The number of carbonyl (C=O) groups excluding carboxylic acids is 1. The zero-order valence-electron chi connectivity index (χ0n) is 9.06. The number of hydrogen-bond donors (Lipinski definition) is 1. The van der Waals surface area contributed by atoms with E-state index in [1.165, 1.54) is 36.5 Å². The lowest BCUT2D eigenvalue weighted by atomic mass is 10.2. The van der Waals surface area contributed by atoms with Gasteiger partial charge in [0.15, 0.2) is 0 Å². The van der Waals surface area contributed by atoms with Crippen LogP contribution in [0.3, 0.4) is 0 Å². The summed E-state index contributed by atoms with van der Waals surface area (Å²) in [5.74, 6) is -0.342. The van der Waals surface area contributed by atoms with E-state index in [0.717, 1.165) is 0 Å². The lowest BCUT2D eigenvalue weighted by Gasteiger charge is -2.06. The van der Waals surface area contributed by atoms with Gasteiger partial charge in [-0.05, 0) is 40.2 Å². The minimum Gasteiger partial charge on any atom is -0.439 e. The van der Waals surface area contributed by atoms with E-state index in [2.05, 4.69) is 20.9 Å².